The van der Waals surface area contributed by atoms with Gasteiger partial charge in [0.15, 0.2) is 0 Å². The van der Waals surface area contributed by atoms with E-state index >= 15 is 0 Å². The molecule has 2 atom stereocenters. The van der Waals surface area contributed by atoms with Crippen molar-refractivity contribution in [3.63, 3.8) is 0 Å². The molecule has 0 spiro atoms. The zero-order valence-electron chi connectivity index (χ0n) is 12.7. The van der Waals surface area contributed by atoms with E-state index in [1.165, 1.54) is 11.8 Å². The normalized spacial score (nSPS) is 19.2. The van der Waals surface area contributed by atoms with E-state index in [4.69, 9.17) is 34.8 Å². The van der Waals surface area contributed by atoms with Gasteiger partial charge in [0.25, 0.3) is 0 Å². The molecule has 2 unspecified atom stereocenters. The van der Waals surface area contributed by atoms with Crippen LogP contribution in [0.3, 0.4) is 0 Å². The summed E-state index contributed by atoms with van der Waals surface area (Å²) >= 11 is 19.6. The Morgan fingerprint density at radius 2 is 1.92 bits per heavy atom. The van der Waals surface area contributed by atoms with Gasteiger partial charge in [0, 0.05) is 0 Å². The van der Waals surface area contributed by atoms with Crippen LogP contribution >= 0.6 is 46.6 Å². The van der Waals surface area contributed by atoms with Gasteiger partial charge in [-0.25, -0.2) is 0 Å². The Hall–Kier alpha value is -0.751. The first-order valence-electron chi connectivity index (χ1n) is 7.21. The Balaban J connectivity index is 1.60. The van der Waals surface area contributed by atoms with Gasteiger partial charge in [-0.3, -0.25) is 0 Å². The number of carbonyl (C=O) groups excluding carboxylic acids is 1. The van der Waals surface area contributed by atoms with Crippen LogP contribution in [0.25, 0.3) is 0 Å². The van der Waals surface area contributed by atoms with Crippen LogP contribution in [0.2, 0.25) is 15.1 Å². The molecular formula is C16H12Cl3N3OSSe. The molecular weight excluding hydrogens is 468 g/mol. The number of thioether (sulfide) groups is 1. The van der Waals surface area contributed by atoms with Crippen molar-refractivity contribution in [1.82, 2.24) is 0 Å². The molecule has 0 bridgehead atoms. The van der Waals surface area contributed by atoms with Gasteiger partial charge in [-0.05, 0) is 0 Å². The molecule has 1 heterocycles. The first kappa shape index (κ1) is 19.0. The van der Waals surface area contributed by atoms with E-state index in [1.54, 1.807) is 18.2 Å². The molecule has 1 N–H and O–H groups in total. The monoisotopic (exact) mass is 479 g/mol. The van der Waals surface area contributed by atoms with E-state index in [1.807, 2.05) is 24.3 Å². The number of nitrogens with zero attached hydrogens (tertiary/aromatic N) is 2. The average Bonchev–Trinajstić information content (AvgIpc) is 3.06. The molecule has 2 aromatic carbocycles. The van der Waals surface area contributed by atoms with Crippen molar-refractivity contribution >= 4 is 73.3 Å². The number of anilines is 1. The molecule has 1 amide bonds. The van der Waals surface area contributed by atoms with Crippen molar-refractivity contribution in [2.75, 3.05) is 11.1 Å². The van der Waals surface area contributed by atoms with E-state index in [-0.39, 0.29) is 31.3 Å². The van der Waals surface area contributed by atoms with Crippen LogP contribution in [0, 0.1) is 0 Å². The number of nitrogens with one attached hydrogen (secondary N) is 1. The van der Waals surface area contributed by atoms with E-state index in [0.717, 1.165) is 5.56 Å². The molecule has 0 radical (unpaired) electrons. The minimum atomic E-state index is -0.104. The molecule has 1 aliphatic heterocycles. The predicted molar refractivity (Wildman–Crippen MR) is 106 cm³/mol. The first-order chi connectivity index (χ1) is 12.0. The third-order valence-electron chi connectivity index (χ3n) is 3.39. The zero-order chi connectivity index (χ0) is 17.8. The van der Waals surface area contributed by atoms with Crippen LogP contribution < -0.4 is 5.32 Å². The first-order valence-corrected chi connectivity index (χ1v) is 11.2. The van der Waals surface area contributed by atoms with Crippen molar-refractivity contribution in [3.05, 3.63) is 63.1 Å². The number of hydrogen-bond donors (Lipinski definition) is 1. The van der Waals surface area contributed by atoms with Gasteiger partial charge in [0.05, 0.1) is 0 Å². The molecule has 0 aromatic heterocycles. The summed E-state index contributed by atoms with van der Waals surface area (Å²) in [6.07, 6.45) is 0. The molecule has 4 nitrogen and oxygen atoms in total. The summed E-state index contributed by atoms with van der Waals surface area (Å²) in [5.74, 6) is 0.203. The molecule has 0 fully saturated rings. The summed E-state index contributed by atoms with van der Waals surface area (Å²) in [4.78, 5) is 12.2. The molecule has 0 saturated carbocycles. The zero-order valence-corrected chi connectivity index (χ0v) is 17.5. The molecule has 1 aliphatic rings. The minimum absolute atomic E-state index is 0.0217. The predicted octanol–water partition coefficient (Wildman–Crippen LogP) is 5.47. The standard InChI is InChI=1S/C16H12Cl3N3OSSe/c17-10-6-5-9(7-12(10)19)15-16(25-22-21-15)24-8-14(23)20-13-4-2-1-3-11(13)18/h1-7,15-16H,8H2,(H,20,23). The van der Waals surface area contributed by atoms with Crippen LogP contribution in [0.5, 0.6) is 0 Å². The summed E-state index contributed by atoms with van der Waals surface area (Å²) in [5.41, 5.74) is 1.57. The molecule has 9 heteroatoms. The maximum atomic E-state index is 12.2. The van der Waals surface area contributed by atoms with Crippen LogP contribution in [0.4, 0.5) is 5.69 Å². The fourth-order valence-electron chi connectivity index (χ4n) is 2.18. The molecule has 130 valence electrons. The van der Waals surface area contributed by atoms with Gasteiger partial charge in [-0.1, -0.05) is 0 Å². The molecule has 3 rings (SSSR count). The van der Waals surface area contributed by atoms with Crippen molar-refractivity contribution in [1.29, 1.82) is 0 Å². The van der Waals surface area contributed by atoms with Gasteiger partial charge in [0.1, 0.15) is 0 Å². The van der Waals surface area contributed by atoms with E-state index < -0.39 is 0 Å². The summed E-state index contributed by atoms with van der Waals surface area (Å²) in [6.45, 7) is 0. The molecule has 2 aromatic rings. The summed E-state index contributed by atoms with van der Waals surface area (Å²) in [6, 6.07) is 12.5. The Labute approximate surface area is 171 Å². The molecule has 25 heavy (non-hydrogen) atoms. The Morgan fingerprint density at radius 3 is 2.68 bits per heavy atom. The molecule has 0 saturated heterocycles. The maximum absolute atomic E-state index is 12.2. The van der Waals surface area contributed by atoms with E-state index in [2.05, 4.69) is 14.6 Å². The number of benzene rings is 2. The second-order valence-corrected chi connectivity index (χ2v) is 10.0. The van der Waals surface area contributed by atoms with Crippen LogP contribution in [-0.4, -0.2) is 31.0 Å². The van der Waals surface area contributed by atoms with Crippen molar-refractivity contribution in [2.24, 2.45) is 9.24 Å². The quantitative estimate of drug-likeness (QED) is 0.578. The fraction of sp³-hybridized carbons (Fsp3) is 0.188. The van der Waals surface area contributed by atoms with Crippen molar-refractivity contribution < 1.29 is 4.79 Å². The van der Waals surface area contributed by atoms with Crippen LogP contribution in [0.15, 0.2) is 51.7 Å². The van der Waals surface area contributed by atoms with Gasteiger partial charge in [-0.15, -0.1) is 0 Å². The summed E-state index contributed by atoms with van der Waals surface area (Å²) < 4.78 is 4.33. The SMILES string of the molecule is O=C(CSC1[Se]N=NC1c1ccc(Cl)c(Cl)c1)Nc1ccccc1Cl. The third-order valence-corrected chi connectivity index (χ3v) is 8.15. The topological polar surface area (TPSA) is 53.8 Å². The Kier molecular flexibility index (Phi) is 6.66. The van der Waals surface area contributed by atoms with E-state index in [0.29, 0.717) is 26.5 Å². The molecule has 0 aliphatic carbocycles. The summed E-state index contributed by atoms with van der Waals surface area (Å²) in [7, 11) is 0. The van der Waals surface area contributed by atoms with Gasteiger partial charge >= 0.3 is 172 Å². The number of hydrogen-bond acceptors (Lipinski definition) is 4. The number of rotatable bonds is 5. The van der Waals surface area contributed by atoms with Crippen molar-refractivity contribution in [3.8, 4) is 0 Å². The number of carbonyl (C=O) groups is 1. The summed E-state index contributed by atoms with van der Waals surface area (Å²) in [5, 5.41) is 8.65. The van der Waals surface area contributed by atoms with Crippen LogP contribution in [-0.2, 0) is 4.79 Å². The van der Waals surface area contributed by atoms with Gasteiger partial charge in [-0.2, -0.15) is 0 Å². The van der Waals surface area contributed by atoms with Crippen LogP contribution in [0.1, 0.15) is 11.6 Å². The van der Waals surface area contributed by atoms with E-state index in [9.17, 15) is 4.79 Å². The second kappa shape index (κ2) is 8.76. The second-order valence-electron chi connectivity index (χ2n) is 5.13. The van der Waals surface area contributed by atoms with Gasteiger partial charge < -0.3 is 0 Å². The third kappa shape index (κ3) is 4.91. The van der Waals surface area contributed by atoms with Gasteiger partial charge in [0.2, 0.25) is 0 Å². The Morgan fingerprint density at radius 1 is 1.12 bits per heavy atom. The number of amides is 1. The van der Waals surface area contributed by atoms with Crippen molar-refractivity contribution in [2.45, 2.75) is 10.2 Å². The number of para-hydroxylation sites is 1. The average molecular weight is 480 g/mol. The number of halogens is 3. The fourth-order valence-corrected chi connectivity index (χ4v) is 5.74. The Bertz CT molecular complexity index is 821.